The highest BCUT2D eigenvalue weighted by molar-refractivity contribution is 7.85. The molecule has 0 unspecified atom stereocenters. The van der Waals surface area contributed by atoms with Crippen LogP contribution in [-0.2, 0) is 19.7 Å². The third-order valence-electron chi connectivity index (χ3n) is 1.47. The molecule has 0 saturated carbocycles. The highest BCUT2D eigenvalue weighted by Crippen LogP contribution is 1.93. The summed E-state index contributed by atoms with van der Waals surface area (Å²) >= 11 is 0. The van der Waals surface area contributed by atoms with Crippen LogP contribution in [0.3, 0.4) is 0 Å². The average molecular weight is 239 g/mol. The van der Waals surface area contributed by atoms with Crippen LogP contribution in [0.2, 0.25) is 0 Å². The van der Waals surface area contributed by atoms with Gasteiger partial charge in [-0.25, -0.2) is 0 Å². The molecule has 0 aliphatic carbocycles. The lowest BCUT2D eigenvalue weighted by Gasteiger charge is -2.09. The van der Waals surface area contributed by atoms with E-state index >= 15 is 0 Å². The second kappa shape index (κ2) is 5.63. The van der Waals surface area contributed by atoms with Gasteiger partial charge in [0.25, 0.3) is 10.1 Å². The van der Waals surface area contributed by atoms with E-state index in [1.165, 1.54) is 0 Å². The van der Waals surface area contributed by atoms with Gasteiger partial charge in [-0.15, -0.1) is 0 Å². The molecule has 0 aromatic carbocycles. The van der Waals surface area contributed by atoms with E-state index in [0.717, 1.165) is 0 Å². The molecular formula is C6H13N3O5S. The summed E-state index contributed by atoms with van der Waals surface area (Å²) in [6.07, 6.45) is -0.0485. The third kappa shape index (κ3) is 7.85. The summed E-state index contributed by atoms with van der Waals surface area (Å²) in [5, 5.41) is 1.89. The first kappa shape index (κ1) is 13.8. The molecule has 0 rings (SSSR count). The van der Waals surface area contributed by atoms with Gasteiger partial charge in [0.2, 0.25) is 11.8 Å². The SMILES string of the molecule is NC(=O)CC[C@@H](N)C(=O)NCS(=O)(=O)O. The Morgan fingerprint density at radius 3 is 2.33 bits per heavy atom. The van der Waals surface area contributed by atoms with Gasteiger partial charge >= 0.3 is 0 Å². The number of hydrogen-bond acceptors (Lipinski definition) is 5. The third-order valence-corrected chi connectivity index (χ3v) is 1.98. The lowest BCUT2D eigenvalue weighted by molar-refractivity contribution is -0.122. The summed E-state index contributed by atoms with van der Waals surface area (Å²) in [6, 6.07) is -1.03. The van der Waals surface area contributed by atoms with Gasteiger partial charge in [-0.2, -0.15) is 8.42 Å². The van der Waals surface area contributed by atoms with Gasteiger partial charge in [-0.1, -0.05) is 0 Å². The summed E-state index contributed by atoms with van der Waals surface area (Å²) in [5.41, 5.74) is 10.1. The Morgan fingerprint density at radius 2 is 1.93 bits per heavy atom. The van der Waals surface area contributed by atoms with Crippen LogP contribution in [0.15, 0.2) is 0 Å². The molecule has 1 atom stereocenters. The Balaban J connectivity index is 3.95. The Hall–Kier alpha value is -1.19. The highest BCUT2D eigenvalue weighted by Gasteiger charge is 2.16. The molecule has 6 N–H and O–H groups in total. The van der Waals surface area contributed by atoms with E-state index in [1.807, 2.05) is 5.32 Å². The largest absolute Gasteiger partial charge is 0.370 e. The van der Waals surface area contributed by atoms with Crippen LogP contribution in [0.1, 0.15) is 12.8 Å². The maximum Gasteiger partial charge on any atom is 0.283 e. The monoisotopic (exact) mass is 239 g/mol. The van der Waals surface area contributed by atoms with Gasteiger partial charge in [0.1, 0.15) is 5.88 Å². The molecule has 0 saturated heterocycles. The molecule has 0 aliphatic heterocycles. The van der Waals surface area contributed by atoms with Gasteiger partial charge in [0.15, 0.2) is 0 Å². The highest BCUT2D eigenvalue weighted by atomic mass is 32.2. The van der Waals surface area contributed by atoms with Crippen LogP contribution >= 0.6 is 0 Å². The smallest absolute Gasteiger partial charge is 0.283 e. The van der Waals surface area contributed by atoms with E-state index in [9.17, 15) is 18.0 Å². The standard InChI is InChI=1S/C6H13N3O5S/c7-4(1-2-5(8)10)6(11)9-3-15(12,13)14/h4H,1-3,7H2,(H2,8,10)(H,9,11)(H,12,13,14)/t4-/m1/s1. The van der Waals surface area contributed by atoms with E-state index in [1.54, 1.807) is 0 Å². The van der Waals surface area contributed by atoms with Crippen LogP contribution in [0.5, 0.6) is 0 Å². The molecule has 0 heterocycles. The predicted molar refractivity (Wildman–Crippen MR) is 51.0 cm³/mol. The van der Waals surface area contributed by atoms with Crippen molar-refractivity contribution in [2.45, 2.75) is 18.9 Å². The van der Waals surface area contributed by atoms with Crippen molar-refractivity contribution in [2.24, 2.45) is 11.5 Å². The Bertz CT molecular complexity index is 339. The Morgan fingerprint density at radius 1 is 1.40 bits per heavy atom. The summed E-state index contributed by atoms with van der Waals surface area (Å²) in [7, 11) is -4.26. The summed E-state index contributed by atoms with van der Waals surface area (Å²) in [4.78, 5) is 21.4. The summed E-state index contributed by atoms with van der Waals surface area (Å²) in [6.45, 7) is 0. The molecule has 0 bridgehead atoms. The number of hydrogen-bond donors (Lipinski definition) is 4. The van der Waals surface area contributed by atoms with Crippen molar-refractivity contribution in [1.82, 2.24) is 5.32 Å². The zero-order chi connectivity index (χ0) is 12.1. The summed E-state index contributed by atoms with van der Waals surface area (Å²) < 4.78 is 28.8. The fourth-order valence-electron chi connectivity index (χ4n) is 0.722. The van der Waals surface area contributed by atoms with E-state index in [4.69, 9.17) is 16.0 Å². The molecule has 2 amide bonds. The minimum atomic E-state index is -4.26. The second-order valence-electron chi connectivity index (χ2n) is 2.88. The quantitative estimate of drug-likeness (QED) is 0.377. The fraction of sp³-hybridized carbons (Fsp3) is 0.667. The first-order chi connectivity index (χ1) is 6.72. The molecule has 0 aromatic rings. The maximum atomic E-state index is 11.0. The molecule has 0 radical (unpaired) electrons. The maximum absolute atomic E-state index is 11.0. The molecule has 0 aliphatic rings. The molecular weight excluding hydrogens is 226 g/mol. The molecule has 8 nitrogen and oxygen atoms in total. The average Bonchev–Trinajstić information content (AvgIpc) is 2.08. The number of primary amides is 1. The first-order valence-electron chi connectivity index (χ1n) is 3.99. The van der Waals surface area contributed by atoms with Crippen LogP contribution in [0.4, 0.5) is 0 Å². The van der Waals surface area contributed by atoms with E-state index in [2.05, 4.69) is 0 Å². The minimum absolute atomic E-state index is 0.0205. The molecule has 0 spiro atoms. The molecule has 0 aromatic heterocycles. The van der Waals surface area contributed by atoms with Crippen LogP contribution < -0.4 is 16.8 Å². The fourth-order valence-corrected chi connectivity index (χ4v) is 1.05. The van der Waals surface area contributed by atoms with Crippen molar-refractivity contribution in [1.29, 1.82) is 0 Å². The van der Waals surface area contributed by atoms with Gasteiger partial charge in [0.05, 0.1) is 6.04 Å². The van der Waals surface area contributed by atoms with Crippen LogP contribution in [0.25, 0.3) is 0 Å². The van der Waals surface area contributed by atoms with Gasteiger partial charge in [0, 0.05) is 6.42 Å². The van der Waals surface area contributed by atoms with E-state index in [-0.39, 0.29) is 12.8 Å². The number of nitrogens with two attached hydrogens (primary N) is 2. The number of rotatable bonds is 6. The topological polar surface area (TPSA) is 153 Å². The first-order valence-corrected chi connectivity index (χ1v) is 5.60. The predicted octanol–water partition coefficient (Wildman–Crippen LogP) is -2.46. The van der Waals surface area contributed by atoms with Crippen molar-refractivity contribution in [2.75, 3.05) is 5.88 Å². The molecule has 88 valence electrons. The molecule has 0 fully saturated rings. The zero-order valence-electron chi connectivity index (χ0n) is 7.84. The lowest BCUT2D eigenvalue weighted by Crippen LogP contribution is -2.42. The number of nitrogens with one attached hydrogen (secondary N) is 1. The van der Waals surface area contributed by atoms with Crippen molar-refractivity contribution in [3.63, 3.8) is 0 Å². The van der Waals surface area contributed by atoms with Gasteiger partial charge < -0.3 is 16.8 Å². The van der Waals surface area contributed by atoms with Crippen LogP contribution in [-0.4, -0.2) is 36.7 Å². The molecule has 15 heavy (non-hydrogen) atoms. The number of amides is 2. The van der Waals surface area contributed by atoms with Crippen molar-refractivity contribution < 1.29 is 22.6 Å². The normalized spacial score (nSPS) is 13.2. The Labute approximate surface area is 86.7 Å². The van der Waals surface area contributed by atoms with E-state index in [0.29, 0.717) is 0 Å². The van der Waals surface area contributed by atoms with Gasteiger partial charge in [-0.3, -0.25) is 14.1 Å². The minimum Gasteiger partial charge on any atom is -0.370 e. The lowest BCUT2D eigenvalue weighted by atomic mass is 10.1. The van der Waals surface area contributed by atoms with Crippen molar-refractivity contribution >= 4 is 21.9 Å². The number of carbonyl (C=O) groups is 2. The zero-order valence-corrected chi connectivity index (χ0v) is 8.66. The van der Waals surface area contributed by atoms with Crippen molar-refractivity contribution in [3.8, 4) is 0 Å². The number of carbonyl (C=O) groups excluding carboxylic acids is 2. The molecule has 9 heteroatoms. The Kier molecular flexibility index (Phi) is 5.19. The van der Waals surface area contributed by atoms with Gasteiger partial charge in [-0.05, 0) is 6.42 Å². The van der Waals surface area contributed by atoms with Crippen LogP contribution in [0, 0.1) is 0 Å². The van der Waals surface area contributed by atoms with Crippen molar-refractivity contribution in [3.05, 3.63) is 0 Å². The van der Waals surface area contributed by atoms with E-state index < -0.39 is 33.9 Å². The second-order valence-corrected chi connectivity index (χ2v) is 4.33. The summed E-state index contributed by atoms with van der Waals surface area (Å²) in [5.74, 6) is -2.28.